The Morgan fingerprint density at radius 2 is 1.86 bits per heavy atom. The zero-order valence-electron chi connectivity index (χ0n) is 17.4. The van der Waals surface area contributed by atoms with Gasteiger partial charge in [0.1, 0.15) is 6.04 Å². The van der Waals surface area contributed by atoms with Gasteiger partial charge in [-0.25, -0.2) is 5.48 Å². The number of amides is 3. The summed E-state index contributed by atoms with van der Waals surface area (Å²) in [5.41, 5.74) is 0.485. The van der Waals surface area contributed by atoms with E-state index in [2.05, 4.69) is 5.32 Å². The van der Waals surface area contributed by atoms with Gasteiger partial charge < -0.3 is 10.2 Å². The molecule has 0 aromatic heterocycles. The van der Waals surface area contributed by atoms with Crippen molar-refractivity contribution in [1.82, 2.24) is 15.7 Å². The van der Waals surface area contributed by atoms with Crippen molar-refractivity contribution >= 4 is 17.7 Å². The third-order valence-corrected chi connectivity index (χ3v) is 6.63. The van der Waals surface area contributed by atoms with Crippen molar-refractivity contribution in [3.63, 3.8) is 0 Å². The van der Waals surface area contributed by atoms with Crippen LogP contribution in [-0.4, -0.2) is 46.5 Å². The zero-order chi connectivity index (χ0) is 20.5. The first-order valence-electron chi connectivity index (χ1n) is 10.7. The molecular formula is C21H35N3O4. The second-order valence-corrected chi connectivity index (χ2v) is 10.1. The van der Waals surface area contributed by atoms with E-state index >= 15 is 0 Å². The van der Waals surface area contributed by atoms with Crippen molar-refractivity contribution in [1.29, 1.82) is 0 Å². The molecule has 3 fully saturated rings. The summed E-state index contributed by atoms with van der Waals surface area (Å²) in [6.45, 7) is 6.42. The van der Waals surface area contributed by atoms with E-state index in [9.17, 15) is 14.4 Å². The molecule has 0 aromatic rings. The zero-order valence-corrected chi connectivity index (χ0v) is 17.4. The van der Waals surface area contributed by atoms with E-state index in [-0.39, 0.29) is 24.3 Å². The molecule has 3 N–H and O–H groups in total. The van der Waals surface area contributed by atoms with Crippen LogP contribution in [-0.2, 0) is 14.4 Å². The maximum atomic E-state index is 13.6. The van der Waals surface area contributed by atoms with E-state index in [0.29, 0.717) is 25.3 Å². The Bertz CT molecular complexity index is 620. The van der Waals surface area contributed by atoms with E-state index < -0.39 is 22.8 Å². The summed E-state index contributed by atoms with van der Waals surface area (Å²) in [6, 6.07) is -0.318. The molecule has 3 aliphatic rings. The molecule has 3 amide bonds. The minimum absolute atomic E-state index is 0.0174. The molecule has 28 heavy (non-hydrogen) atoms. The molecule has 2 saturated carbocycles. The standard InChI is InChI=1S/C21H35N3O4/c1-20(2,3)17(18(26)22-15-8-9-15)24-11-10-21(19(24)27,13-16(25)23-28)12-14-6-4-5-7-14/h14-15,17,28H,4-13H2,1-3H3,(H,22,26)(H,23,25)/t17-,21+/m0/s1. The summed E-state index contributed by atoms with van der Waals surface area (Å²) in [5.74, 6) is -0.285. The lowest BCUT2D eigenvalue weighted by Crippen LogP contribution is -2.56. The average Bonchev–Trinajstić information content (AvgIpc) is 3.18. The average molecular weight is 394 g/mol. The van der Waals surface area contributed by atoms with Crippen LogP contribution in [0.5, 0.6) is 0 Å². The summed E-state index contributed by atoms with van der Waals surface area (Å²) < 4.78 is 0. The van der Waals surface area contributed by atoms with E-state index in [0.717, 1.165) is 25.7 Å². The fourth-order valence-corrected chi connectivity index (χ4v) is 5.14. The lowest BCUT2D eigenvalue weighted by molar-refractivity contribution is -0.149. The van der Waals surface area contributed by atoms with Crippen LogP contribution >= 0.6 is 0 Å². The highest BCUT2D eigenvalue weighted by Gasteiger charge is 2.53. The molecule has 1 aliphatic heterocycles. The Kier molecular flexibility index (Phi) is 6.03. The Balaban J connectivity index is 1.83. The molecule has 0 spiro atoms. The maximum absolute atomic E-state index is 13.6. The molecule has 1 heterocycles. The van der Waals surface area contributed by atoms with Crippen molar-refractivity contribution in [2.75, 3.05) is 6.54 Å². The number of hydrogen-bond acceptors (Lipinski definition) is 4. The monoisotopic (exact) mass is 393 g/mol. The van der Waals surface area contributed by atoms with E-state index in [1.165, 1.54) is 12.8 Å². The maximum Gasteiger partial charge on any atom is 0.244 e. The predicted molar refractivity (Wildman–Crippen MR) is 104 cm³/mol. The third kappa shape index (κ3) is 4.50. The van der Waals surface area contributed by atoms with Gasteiger partial charge in [-0.15, -0.1) is 0 Å². The van der Waals surface area contributed by atoms with Crippen LogP contribution in [0.15, 0.2) is 0 Å². The normalized spacial score (nSPS) is 27.1. The summed E-state index contributed by atoms with van der Waals surface area (Å²) in [7, 11) is 0. The van der Waals surface area contributed by atoms with Gasteiger partial charge in [-0.05, 0) is 37.0 Å². The van der Waals surface area contributed by atoms with Crippen LogP contribution in [0, 0.1) is 16.7 Å². The van der Waals surface area contributed by atoms with Crippen molar-refractivity contribution in [2.45, 2.75) is 90.6 Å². The van der Waals surface area contributed by atoms with Crippen LogP contribution in [0.4, 0.5) is 0 Å². The highest BCUT2D eigenvalue weighted by molar-refractivity contribution is 5.94. The van der Waals surface area contributed by atoms with Gasteiger partial charge in [0, 0.05) is 19.0 Å². The number of hydrogen-bond donors (Lipinski definition) is 3. The summed E-state index contributed by atoms with van der Waals surface area (Å²) in [5, 5.41) is 12.1. The Morgan fingerprint density at radius 1 is 1.21 bits per heavy atom. The number of carbonyl (C=O) groups excluding carboxylic acids is 3. The van der Waals surface area contributed by atoms with Crippen molar-refractivity contribution < 1.29 is 19.6 Å². The summed E-state index contributed by atoms with van der Waals surface area (Å²) >= 11 is 0. The smallest absolute Gasteiger partial charge is 0.244 e. The van der Waals surface area contributed by atoms with Gasteiger partial charge in [0.05, 0.1) is 5.41 Å². The molecule has 7 heteroatoms. The van der Waals surface area contributed by atoms with Gasteiger partial charge in [0.25, 0.3) is 0 Å². The molecule has 0 bridgehead atoms. The van der Waals surface area contributed by atoms with Crippen LogP contribution < -0.4 is 10.8 Å². The minimum Gasteiger partial charge on any atom is -0.352 e. The number of nitrogens with zero attached hydrogens (tertiary/aromatic N) is 1. The van der Waals surface area contributed by atoms with Crippen molar-refractivity contribution in [3.05, 3.63) is 0 Å². The van der Waals surface area contributed by atoms with Gasteiger partial charge in [-0.1, -0.05) is 46.5 Å². The third-order valence-electron chi connectivity index (χ3n) is 6.63. The molecule has 3 rings (SSSR count). The number of hydroxylamine groups is 1. The van der Waals surface area contributed by atoms with Crippen LogP contribution in [0.1, 0.15) is 78.6 Å². The van der Waals surface area contributed by atoms with Crippen LogP contribution in [0.3, 0.4) is 0 Å². The fraction of sp³-hybridized carbons (Fsp3) is 0.857. The van der Waals surface area contributed by atoms with Gasteiger partial charge >= 0.3 is 0 Å². The van der Waals surface area contributed by atoms with E-state index in [4.69, 9.17) is 5.21 Å². The lowest BCUT2D eigenvalue weighted by atomic mass is 9.74. The minimum atomic E-state index is -0.814. The Labute approximate surface area is 167 Å². The summed E-state index contributed by atoms with van der Waals surface area (Å²) in [6.07, 6.45) is 7.70. The molecule has 2 aliphatic carbocycles. The van der Waals surface area contributed by atoms with Gasteiger partial charge in [-0.3, -0.25) is 19.6 Å². The topological polar surface area (TPSA) is 98.7 Å². The van der Waals surface area contributed by atoms with Crippen LogP contribution in [0.25, 0.3) is 0 Å². The second-order valence-electron chi connectivity index (χ2n) is 10.1. The first-order chi connectivity index (χ1) is 13.2. The quantitative estimate of drug-likeness (QED) is 0.457. The SMILES string of the molecule is CC(C)(C)[C@H](C(=O)NC1CC1)N1CC[C@](CC(=O)NO)(CC2CCCC2)C1=O. The Hall–Kier alpha value is -1.63. The lowest BCUT2D eigenvalue weighted by Gasteiger charge is -2.38. The predicted octanol–water partition coefficient (Wildman–Crippen LogP) is 2.37. The van der Waals surface area contributed by atoms with Crippen molar-refractivity contribution in [2.24, 2.45) is 16.7 Å². The molecular weight excluding hydrogens is 358 g/mol. The van der Waals surface area contributed by atoms with E-state index in [1.807, 2.05) is 20.8 Å². The molecule has 0 unspecified atom stereocenters. The summed E-state index contributed by atoms with van der Waals surface area (Å²) in [4.78, 5) is 40.4. The van der Waals surface area contributed by atoms with Gasteiger partial charge in [0.2, 0.25) is 17.7 Å². The molecule has 7 nitrogen and oxygen atoms in total. The van der Waals surface area contributed by atoms with Gasteiger partial charge in [0.15, 0.2) is 0 Å². The molecule has 0 radical (unpaired) electrons. The number of carbonyl (C=O) groups is 3. The highest BCUT2D eigenvalue weighted by Crippen LogP contribution is 2.46. The number of nitrogens with one attached hydrogen (secondary N) is 2. The molecule has 1 saturated heterocycles. The number of rotatable bonds is 7. The largest absolute Gasteiger partial charge is 0.352 e. The first-order valence-corrected chi connectivity index (χ1v) is 10.7. The fourth-order valence-electron chi connectivity index (χ4n) is 5.14. The number of likely N-dealkylation sites (tertiary alicyclic amines) is 1. The van der Waals surface area contributed by atoms with Crippen LogP contribution in [0.2, 0.25) is 0 Å². The second kappa shape index (κ2) is 8.01. The molecule has 0 aromatic carbocycles. The highest BCUT2D eigenvalue weighted by atomic mass is 16.5. The molecule has 158 valence electrons. The van der Waals surface area contributed by atoms with E-state index in [1.54, 1.807) is 10.4 Å². The molecule has 2 atom stereocenters. The van der Waals surface area contributed by atoms with Crippen molar-refractivity contribution in [3.8, 4) is 0 Å². The van der Waals surface area contributed by atoms with Gasteiger partial charge in [-0.2, -0.15) is 0 Å². The first kappa shape index (κ1) is 21.1. The Morgan fingerprint density at radius 3 is 2.39 bits per heavy atom.